The van der Waals surface area contributed by atoms with Gasteiger partial charge in [-0.2, -0.15) is 0 Å². The van der Waals surface area contributed by atoms with Crippen LogP contribution in [0.25, 0.3) is 0 Å². The van der Waals surface area contributed by atoms with Crippen LogP contribution < -0.4 is 5.73 Å². The Morgan fingerprint density at radius 1 is 1.56 bits per heavy atom. The van der Waals surface area contributed by atoms with Crippen LogP contribution in [0.3, 0.4) is 0 Å². The molecule has 2 N–H and O–H groups in total. The Bertz CT molecular complexity index is 102. The van der Waals surface area contributed by atoms with E-state index in [1.165, 1.54) is 12.8 Å². The van der Waals surface area contributed by atoms with Crippen molar-refractivity contribution in [2.45, 2.75) is 39.2 Å². The number of rotatable bonds is 1. The Labute approximate surface area is 57.6 Å². The van der Waals surface area contributed by atoms with E-state index in [2.05, 4.69) is 20.8 Å². The fourth-order valence-electron chi connectivity index (χ4n) is 1.62. The van der Waals surface area contributed by atoms with Gasteiger partial charge in [0.05, 0.1) is 0 Å². The number of nitrogens with two attached hydrogens (primary N) is 1. The second-order valence-corrected chi connectivity index (χ2v) is 3.71. The maximum atomic E-state index is 6.09. The lowest BCUT2D eigenvalue weighted by Gasteiger charge is -2.48. The summed E-state index contributed by atoms with van der Waals surface area (Å²) < 4.78 is 0. The SMILES string of the molecule is CC(C)C1(N)CCC1C. The van der Waals surface area contributed by atoms with Gasteiger partial charge in [-0.15, -0.1) is 0 Å². The molecular formula is C8H17N. The van der Waals surface area contributed by atoms with E-state index in [1.54, 1.807) is 0 Å². The molecule has 1 rings (SSSR count). The largest absolute Gasteiger partial charge is 0.325 e. The van der Waals surface area contributed by atoms with E-state index in [0.29, 0.717) is 5.92 Å². The Morgan fingerprint density at radius 2 is 2.11 bits per heavy atom. The normalized spacial score (nSPS) is 43.0. The summed E-state index contributed by atoms with van der Waals surface area (Å²) in [5.74, 6) is 1.40. The average Bonchev–Trinajstić information content (AvgIpc) is 1.82. The standard InChI is InChI=1S/C8H17N/c1-6(2)8(9)5-4-7(8)3/h6-7H,4-5,9H2,1-3H3. The topological polar surface area (TPSA) is 26.0 Å². The highest BCUT2D eigenvalue weighted by Gasteiger charge is 2.42. The van der Waals surface area contributed by atoms with Crippen molar-refractivity contribution in [3.05, 3.63) is 0 Å². The van der Waals surface area contributed by atoms with Crippen molar-refractivity contribution >= 4 is 0 Å². The second-order valence-electron chi connectivity index (χ2n) is 3.71. The molecule has 0 spiro atoms. The van der Waals surface area contributed by atoms with E-state index in [-0.39, 0.29) is 5.54 Å². The summed E-state index contributed by atoms with van der Waals surface area (Å²) >= 11 is 0. The lowest BCUT2D eigenvalue weighted by atomic mass is 9.62. The van der Waals surface area contributed by atoms with E-state index < -0.39 is 0 Å². The third-order valence-corrected chi connectivity index (χ3v) is 3.00. The summed E-state index contributed by atoms with van der Waals surface area (Å²) in [6.07, 6.45) is 2.56. The first-order valence-corrected chi connectivity index (χ1v) is 3.86. The van der Waals surface area contributed by atoms with Crippen LogP contribution in [0.2, 0.25) is 0 Å². The quantitative estimate of drug-likeness (QED) is 0.570. The lowest BCUT2D eigenvalue weighted by Crippen LogP contribution is -2.57. The molecule has 1 aliphatic carbocycles. The van der Waals surface area contributed by atoms with Gasteiger partial charge in [-0.1, -0.05) is 20.8 Å². The van der Waals surface area contributed by atoms with Crippen LogP contribution in [0.5, 0.6) is 0 Å². The number of hydrogen-bond acceptors (Lipinski definition) is 1. The minimum Gasteiger partial charge on any atom is -0.325 e. The number of hydrogen-bond donors (Lipinski definition) is 1. The van der Waals surface area contributed by atoms with Gasteiger partial charge in [-0.05, 0) is 24.7 Å². The van der Waals surface area contributed by atoms with Gasteiger partial charge >= 0.3 is 0 Å². The van der Waals surface area contributed by atoms with Gasteiger partial charge in [0.1, 0.15) is 0 Å². The molecular weight excluding hydrogens is 110 g/mol. The summed E-state index contributed by atoms with van der Waals surface area (Å²) in [5, 5.41) is 0. The molecule has 1 saturated carbocycles. The zero-order chi connectivity index (χ0) is 7.07. The van der Waals surface area contributed by atoms with E-state index in [9.17, 15) is 0 Å². The monoisotopic (exact) mass is 127 g/mol. The maximum absolute atomic E-state index is 6.09. The Hall–Kier alpha value is -0.0400. The van der Waals surface area contributed by atoms with Crippen LogP contribution in [-0.4, -0.2) is 5.54 Å². The van der Waals surface area contributed by atoms with Crippen LogP contribution in [0, 0.1) is 11.8 Å². The molecule has 0 amide bonds. The summed E-state index contributed by atoms with van der Waals surface area (Å²) in [6.45, 7) is 6.69. The molecule has 2 unspecified atom stereocenters. The molecule has 0 saturated heterocycles. The molecule has 9 heavy (non-hydrogen) atoms. The molecule has 1 aliphatic rings. The molecule has 0 heterocycles. The van der Waals surface area contributed by atoms with Crippen molar-refractivity contribution in [2.75, 3.05) is 0 Å². The molecule has 0 radical (unpaired) electrons. The molecule has 0 aromatic heterocycles. The highest BCUT2D eigenvalue weighted by atomic mass is 14.8. The van der Waals surface area contributed by atoms with E-state index in [1.807, 2.05) is 0 Å². The second kappa shape index (κ2) is 1.98. The summed E-state index contributed by atoms with van der Waals surface area (Å²) in [7, 11) is 0. The minimum atomic E-state index is 0.181. The van der Waals surface area contributed by atoms with Crippen LogP contribution in [0.4, 0.5) is 0 Å². The van der Waals surface area contributed by atoms with E-state index in [4.69, 9.17) is 5.73 Å². The van der Waals surface area contributed by atoms with Gasteiger partial charge in [0.2, 0.25) is 0 Å². The molecule has 1 heteroatoms. The van der Waals surface area contributed by atoms with Gasteiger partial charge < -0.3 is 5.73 Å². The van der Waals surface area contributed by atoms with Crippen molar-refractivity contribution in [1.29, 1.82) is 0 Å². The maximum Gasteiger partial charge on any atom is 0.0203 e. The lowest BCUT2D eigenvalue weighted by molar-refractivity contribution is 0.0912. The summed E-state index contributed by atoms with van der Waals surface area (Å²) in [6, 6.07) is 0. The van der Waals surface area contributed by atoms with Gasteiger partial charge in [-0.3, -0.25) is 0 Å². The highest BCUT2D eigenvalue weighted by molar-refractivity contribution is 5.00. The zero-order valence-corrected chi connectivity index (χ0v) is 6.65. The predicted octanol–water partition coefficient (Wildman–Crippen LogP) is 1.77. The Kier molecular flexibility index (Phi) is 1.55. The molecule has 0 aromatic carbocycles. The fourth-order valence-corrected chi connectivity index (χ4v) is 1.62. The minimum absolute atomic E-state index is 0.181. The van der Waals surface area contributed by atoms with Crippen molar-refractivity contribution in [1.82, 2.24) is 0 Å². The molecule has 1 nitrogen and oxygen atoms in total. The third-order valence-electron chi connectivity index (χ3n) is 3.00. The smallest absolute Gasteiger partial charge is 0.0203 e. The molecule has 2 atom stereocenters. The van der Waals surface area contributed by atoms with Gasteiger partial charge in [0, 0.05) is 5.54 Å². The van der Waals surface area contributed by atoms with Crippen LogP contribution >= 0.6 is 0 Å². The first kappa shape index (κ1) is 7.07. The molecule has 0 aliphatic heterocycles. The Balaban J connectivity index is 2.53. The third kappa shape index (κ3) is 0.877. The molecule has 0 bridgehead atoms. The summed E-state index contributed by atoms with van der Waals surface area (Å²) in [4.78, 5) is 0. The van der Waals surface area contributed by atoms with Crippen LogP contribution in [0.1, 0.15) is 33.6 Å². The van der Waals surface area contributed by atoms with Crippen molar-refractivity contribution in [3.8, 4) is 0 Å². The zero-order valence-electron chi connectivity index (χ0n) is 6.65. The van der Waals surface area contributed by atoms with Crippen molar-refractivity contribution in [3.63, 3.8) is 0 Å². The van der Waals surface area contributed by atoms with Crippen LogP contribution in [0.15, 0.2) is 0 Å². The highest BCUT2D eigenvalue weighted by Crippen LogP contribution is 2.40. The average molecular weight is 127 g/mol. The van der Waals surface area contributed by atoms with Gasteiger partial charge in [-0.25, -0.2) is 0 Å². The van der Waals surface area contributed by atoms with E-state index in [0.717, 1.165) is 5.92 Å². The van der Waals surface area contributed by atoms with Gasteiger partial charge in [0.15, 0.2) is 0 Å². The Morgan fingerprint density at radius 3 is 2.11 bits per heavy atom. The van der Waals surface area contributed by atoms with Crippen molar-refractivity contribution in [2.24, 2.45) is 17.6 Å². The van der Waals surface area contributed by atoms with E-state index >= 15 is 0 Å². The van der Waals surface area contributed by atoms with Gasteiger partial charge in [0.25, 0.3) is 0 Å². The first-order valence-electron chi connectivity index (χ1n) is 3.86. The first-order chi connectivity index (χ1) is 4.07. The molecule has 54 valence electrons. The molecule has 0 aromatic rings. The predicted molar refractivity (Wildman–Crippen MR) is 40.2 cm³/mol. The molecule has 1 fully saturated rings. The fraction of sp³-hybridized carbons (Fsp3) is 1.00. The van der Waals surface area contributed by atoms with Crippen LogP contribution in [-0.2, 0) is 0 Å². The summed E-state index contributed by atoms with van der Waals surface area (Å²) in [5.41, 5.74) is 6.27. The van der Waals surface area contributed by atoms with Crippen molar-refractivity contribution < 1.29 is 0 Å².